The predicted molar refractivity (Wildman–Crippen MR) is 106 cm³/mol. The van der Waals surface area contributed by atoms with E-state index in [1.807, 2.05) is 4.90 Å². The summed E-state index contributed by atoms with van der Waals surface area (Å²) >= 11 is 5.91. The molecule has 0 atom stereocenters. The number of hydrogen-bond donors (Lipinski definition) is 0. The van der Waals surface area contributed by atoms with Gasteiger partial charge in [-0.2, -0.15) is 10.2 Å². The number of anilines is 1. The van der Waals surface area contributed by atoms with Gasteiger partial charge in [0.2, 0.25) is 17.5 Å². The largest absolute Gasteiger partial charge is 0.419 e. The Balaban J connectivity index is 1.50. The summed E-state index contributed by atoms with van der Waals surface area (Å²) in [6.07, 6.45) is 0. The molecular formula is C21H16ClFN4O2. The first-order valence-electron chi connectivity index (χ1n) is 9.02. The molecule has 2 heterocycles. The lowest BCUT2D eigenvalue weighted by molar-refractivity contribution is 0.0740. The topological polar surface area (TPSA) is 73.4 Å². The number of piperazine rings is 1. The highest BCUT2D eigenvalue weighted by atomic mass is 35.5. The Hall–Kier alpha value is -3.37. The Labute approximate surface area is 171 Å². The summed E-state index contributed by atoms with van der Waals surface area (Å²) in [4.78, 5) is 20.3. The molecule has 0 bridgehead atoms. The second-order valence-electron chi connectivity index (χ2n) is 6.55. The summed E-state index contributed by atoms with van der Waals surface area (Å²) in [5.41, 5.74) is 0.956. The van der Waals surface area contributed by atoms with Gasteiger partial charge in [0.25, 0.3) is 5.91 Å². The van der Waals surface area contributed by atoms with E-state index in [0.29, 0.717) is 48.5 Å². The normalized spacial score (nSPS) is 14.0. The van der Waals surface area contributed by atoms with Gasteiger partial charge < -0.3 is 14.2 Å². The van der Waals surface area contributed by atoms with E-state index in [0.717, 1.165) is 0 Å². The summed E-state index contributed by atoms with van der Waals surface area (Å²) in [6, 6.07) is 15.0. The number of benzene rings is 2. The number of carbonyl (C=O) groups is 1. The van der Waals surface area contributed by atoms with E-state index in [1.54, 1.807) is 41.3 Å². The molecule has 1 aromatic heterocycles. The number of carbonyl (C=O) groups excluding carboxylic acids is 1. The molecule has 1 aliphatic heterocycles. The second kappa shape index (κ2) is 7.94. The summed E-state index contributed by atoms with van der Waals surface area (Å²) in [7, 11) is 0. The quantitative estimate of drug-likeness (QED) is 0.653. The fraction of sp³-hybridized carbons (Fsp3) is 0.190. The molecule has 0 aliphatic carbocycles. The summed E-state index contributed by atoms with van der Waals surface area (Å²) in [5.74, 6) is -0.175. The lowest BCUT2D eigenvalue weighted by Gasteiger charge is -2.34. The number of aromatic nitrogens is 1. The number of halogens is 2. The molecule has 1 amide bonds. The number of hydrogen-bond acceptors (Lipinski definition) is 5. The van der Waals surface area contributed by atoms with Crippen molar-refractivity contribution in [1.29, 1.82) is 5.26 Å². The first-order valence-corrected chi connectivity index (χ1v) is 9.40. The van der Waals surface area contributed by atoms with Crippen LogP contribution in [0, 0.1) is 17.1 Å². The Kier molecular flexibility index (Phi) is 5.19. The molecule has 2 aromatic carbocycles. The average molecular weight is 411 g/mol. The van der Waals surface area contributed by atoms with Crippen molar-refractivity contribution in [2.75, 3.05) is 31.1 Å². The van der Waals surface area contributed by atoms with Crippen LogP contribution in [0.2, 0.25) is 5.02 Å². The van der Waals surface area contributed by atoms with Crippen LogP contribution in [0.1, 0.15) is 16.1 Å². The summed E-state index contributed by atoms with van der Waals surface area (Å²) in [5, 5.41) is 10.0. The van der Waals surface area contributed by atoms with E-state index in [1.165, 1.54) is 12.1 Å². The molecule has 0 spiro atoms. The monoisotopic (exact) mass is 410 g/mol. The van der Waals surface area contributed by atoms with Crippen LogP contribution in [0.5, 0.6) is 0 Å². The highest BCUT2D eigenvalue weighted by molar-refractivity contribution is 6.30. The average Bonchev–Trinajstić information content (AvgIpc) is 3.19. The standard InChI is InChI=1S/C21H16ClFN4O2/c22-15-7-5-14(6-8-15)19-25-18(13-24)21(29-19)27-11-9-26(10-12-27)20(28)16-3-1-2-4-17(16)23/h1-8H,9-12H2. The first-order chi connectivity index (χ1) is 14.1. The van der Waals surface area contributed by atoms with Crippen molar-refractivity contribution in [3.05, 3.63) is 70.6 Å². The molecule has 1 fully saturated rings. The molecule has 1 aliphatic rings. The highest BCUT2D eigenvalue weighted by Gasteiger charge is 2.28. The highest BCUT2D eigenvalue weighted by Crippen LogP contribution is 2.29. The van der Waals surface area contributed by atoms with Gasteiger partial charge in [0.05, 0.1) is 5.56 Å². The van der Waals surface area contributed by atoms with Crippen LogP contribution in [0.15, 0.2) is 52.9 Å². The van der Waals surface area contributed by atoms with Crippen LogP contribution in [-0.4, -0.2) is 42.0 Å². The van der Waals surface area contributed by atoms with Crippen molar-refractivity contribution < 1.29 is 13.6 Å². The van der Waals surface area contributed by atoms with Crippen molar-refractivity contribution in [2.45, 2.75) is 0 Å². The maximum atomic E-state index is 13.9. The summed E-state index contributed by atoms with van der Waals surface area (Å²) in [6.45, 7) is 1.66. The zero-order valence-corrected chi connectivity index (χ0v) is 16.1. The Morgan fingerprint density at radius 1 is 1.10 bits per heavy atom. The van der Waals surface area contributed by atoms with E-state index < -0.39 is 5.82 Å². The molecule has 0 unspecified atom stereocenters. The molecule has 0 N–H and O–H groups in total. The van der Waals surface area contributed by atoms with E-state index >= 15 is 0 Å². The lowest BCUT2D eigenvalue weighted by atomic mass is 10.1. The Morgan fingerprint density at radius 2 is 1.79 bits per heavy atom. The molecule has 4 rings (SSSR count). The third-order valence-electron chi connectivity index (χ3n) is 4.76. The van der Waals surface area contributed by atoms with Gasteiger partial charge in [-0.3, -0.25) is 4.79 Å². The van der Waals surface area contributed by atoms with E-state index in [2.05, 4.69) is 11.1 Å². The second-order valence-corrected chi connectivity index (χ2v) is 6.99. The number of amides is 1. The number of nitriles is 1. The van der Waals surface area contributed by atoms with Crippen LogP contribution in [0.4, 0.5) is 10.3 Å². The molecule has 0 radical (unpaired) electrons. The predicted octanol–water partition coefficient (Wildman–Crippen LogP) is 3.97. The molecule has 0 saturated carbocycles. The van der Waals surface area contributed by atoms with Crippen molar-refractivity contribution in [1.82, 2.24) is 9.88 Å². The van der Waals surface area contributed by atoms with Crippen LogP contribution in [0.3, 0.4) is 0 Å². The molecule has 146 valence electrons. The number of rotatable bonds is 3. The van der Waals surface area contributed by atoms with Crippen molar-refractivity contribution in [3.63, 3.8) is 0 Å². The number of nitrogens with zero attached hydrogens (tertiary/aromatic N) is 4. The van der Waals surface area contributed by atoms with Gasteiger partial charge in [-0.25, -0.2) is 4.39 Å². The van der Waals surface area contributed by atoms with Crippen LogP contribution < -0.4 is 4.90 Å². The lowest BCUT2D eigenvalue weighted by Crippen LogP contribution is -2.49. The van der Waals surface area contributed by atoms with E-state index in [9.17, 15) is 14.4 Å². The minimum atomic E-state index is -0.533. The molecule has 3 aromatic rings. The maximum absolute atomic E-state index is 13.9. The molecule has 6 nitrogen and oxygen atoms in total. The third kappa shape index (κ3) is 3.80. The maximum Gasteiger partial charge on any atom is 0.256 e. The van der Waals surface area contributed by atoms with Gasteiger partial charge in [0.1, 0.15) is 11.9 Å². The zero-order chi connectivity index (χ0) is 20.4. The van der Waals surface area contributed by atoms with E-state index in [-0.39, 0.29) is 17.2 Å². The van der Waals surface area contributed by atoms with Gasteiger partial charge >= 0.3 is 0 Å². The van der Waals surface area contributed by atoms with Crippen LogP contribution in [0.25, 0.3) is 11.5 Å². The minimum Gasteiger partial charge on any atom is -0.419 e. The Morgan fingerprint density at radius 3 is 2.45 bits per heavy atom. The van der Waals surface area contributed by atoms with Crippen molar-refractivity contribution in [3.8, 4) is 17.5 Å². The number of oxazole rings is 1. The molecular weight excluding hydrogens is 395 g/mol. The Bertz CT molecular complexity index is 1080. The fourth-order valence-electron chi connectivity index (χ4n) is 3.23. The summed E-state index contributed by atoms with van der Waals surface area (Å²) < 4.78 is 19.8. The smallest absolute Gasteiger partial charge is 0.256 e. The van der Waals surface area contributed by atoms with Gasteiger partial charge in [0, 0.05) is 36.8 Å². The van der Waals surface area contributed by atoms with Crippen molar-refractivity contribution in [2.24, 2.45) is 0 Å². The first kappa shape index (κ1) is 19.0. The van der Waals surface area contributed by atoms with E-state index in [4.69, 9.17) is 16.0 Å². The zero-order valence-electron chi connectivity index (χ0n) is 15.3. The van der Waals surface area contributed by atoms with Gasteiger partial charge in [-0.15, -0.1) is 0 Å². The molecule has 8 heteroatoms. The van der Waals surface area contributed by atoms with Crippen LogP contribution in [-0.2, 0) is 0 Å². The molecule has 29 heavy (non-hydrogen) atoms. The van der Waals surface area contributed by atoms with Gasteiger partial charge in [-0.1, -0.05) is 23.7 Å². The molecule has 1 saturated heterocycles. The minimum absolute atomic E-state index is 0.0587. The van der Waals surface area contributed by atoms with Crippen molar-refractivity contribution >= 4 is 23.4 Å². The van der Waals surface area contributed by atoms with Gasteiger partial charge in [0.15, 0.2) is 0 Å². The van der Waals surface area contributed by atoms with Gasteiger partial charge in [-0.05, 0) is 36.4 Å². The SMILES string of the molecule is N#Cc1nc(-c2ccc(Cl)cc2)oc1N1CCN(C(=O)c2ccccc2F)CC1. The third-order valence-corrected chi connectivity index (χ3v) is 5.02. The fourth-order valence-corrected chi connectivity index (χ4v) is 3.36. The van der Waals surface area contributed by atoms with Crippen LogP contribution >= 0.6 is 11.6 Å².